The molecule has 0 spiro atoms. The minimum Gasteiger partial charge on any atom is -0.390 e. The SMILES string of the molecule is Cc1cc(NC(=O)c2c(C)c(C(=O)C(=O)NC34CC5CC(CC(O)(C5)C3)C4)n(C)c2C)ccc1F. The van der Waals surface area contributed by atoms with Crippen molar-refractivity contribution in [2.75, 3.05) is 5.32 Å². The highest BCUT2D eigenvalue weighted by Gasteiger charge is 2.58. The molecule has 2 atom stereocenters. The molecule has 2 amide bonds. The van der Waals surface area contributed by atoms with Crippen molar-refractivity contribution < 1.29 is 23.9 Å². The van der Waals surface area contributed by atoms with Gasteiger partial charge >= 0.3 is 0 Å². The van der Waals surface area contributed by atoms with E-state index in [-0.39, 0.29) is 11.5 Å². The summed E-state index contributed by atoms with van der Waals surface area (Å²) in [6.07, 6.45) is 4.70. The van der Waals surface area contributed by atoms with Gasteiger partial charge in [0.1, 0.15) is 5.82 Å². The number of Topliss-reactive ketones (excluding diaryl/α,β-unsaturated/α-hetero) is 1. The Morgan fingerprint density at radius 3 is 2.34 bits per heavy atom. The molecule has 1 aromatic carbocycles. The van der Waals surface area contributed by atoms with E-state index >= 15 is 0 Å². The molecule has 4 bridgehead atoms. The number of anilines is 1. The van der Waals surface area contributed by atoms with E-state index in [1.165, 1.54) is 12.1 Å². The summed E-state index contributed by atoms with van der Waals surface area (Å²) in [5.74, 6) is -1.42. The molecule has 2 aromatic rings. The molecule has 4 aliphatic rings. The summed E-state index contributed by atoms with van der Waals surface area (Å²) in [5.41, 5.74) is 1.03. The van der Waals surface area contributed by atoms with Crippen molar-refractivity contribution in [2.24, 2.45) is 18.9 Å². The Balaban J connectivity index is 1.38. The van der Waals surface area contributed by atoms with Crippen LogP contribution < -0.4 is 10.6 Å². The van der Waals surface area contributed by atoms with E-state index < -0.39 is 28.7 Å². The normalized spacial score (nSPS) is 28.7. The fourth-order valence-electron chi connectivity index (χ4n) is 7.32. The van der Waals surface area contributed by atoms with Crippen molar-refractivity contribution in [3.63, 3.8) is 0 Å². The van der Waals surface area contributed by atoms with Crippen LogP contribution >= 0.6 is 0 Å². The summed E-state index contributed by atoms with van der Waals surface area (Å²) in [6.45, 7) is 4.99. The monoisotopic (exact) mass is 481 g/mol. The summed E-state index contributed by atoms with van der Waals surface area (Å²) in [4.78, 5) is 39.6. The molecule has 8 heteroatoms. The first-order chi connectivity index (χ1) is 16.4. The molecular weight excluding hydrogens is 449 g/mol. The number of nitrogens with one attached hydrogen (secondary N) is 2. The van der Waals surface area contributed by atoms with Crippen LogP contribution in [0.15, 0.2) is 18.2 Å². The smallest absolute Gasteiger partial charge is 0.294 e. The lowest BCUT2D eigenvalue weighted by Gasteiger charge is -2.60. The number of amides is 2. The molecule has 0 aliphatic heterocycles. The van der Waals surface area contributed by atoms with Gasteiger partial charge in [0.05, 0.1) is 16.9 Å². The first-order valence-electron chi connectivity index (χ1n) is 12.2. The van der Waals surface area contributed by atoms with E-state index in [2.05, 4.69) is 10.6 Å². The van der Waals surface area contributed by atoms with Crippen LogP contribution in [0.3, 0.4) is 0 Å². The number of halogens is 1. The lowest BCUT2D eigenvalue weighted by Crippen LogP contribution is -2.66. The third-order valence-electron chi connectivity index (χ3n) is 8.40. The average molecular weight is 482 g/mol. The zero-order valence-corrected chi connectivity index (χ0v) is 20.6. The van der Waals surface area contributed by atoms with E-state index in [0.29, 0.717) is 46.3 Å². The second kappa shape index (κ2) is 8.01. The number of aliphatic hydroxyl groups is 1. The Morgan fingerprint density at radius 1 is 1.09 bits per heavy atom. The third kappa shape index (κ3) is 3.97. The molecular formula is C27H32FN3O4. The molecule has 0 radical (unpaired) electrons. The first kappa shape index (κ1) is 23.7. The molecule has 3 N–H and O–H groups in total. The zero-order valence-electron chi connectivity index (χ0n) is 20.6. The predicted molar refractivity (Wildman–Crippen MR) is 129 cm³/mol. The molecule has 0 saturated heterocycles. The highest BCUT2D eigenvalue weighted by molar-refractivity contribution is 6.43. The molecule has 7 nitrogen and oxygen atoms in total. The van der Waals surface area contributed by atoms with Gasteiger partial charge in [-0.3, -0.25) is 14.4 Å². The van der Waals surface area contributed by atoms with Gasteiger partial charge in [0.2, 0.25) is 0 Å². The fourth-order valence-corrected chi connectivity index (χ4v) is 7.32. The lowest BCUT2D eigenvalue weighted by atomic mass is 9.51. The number of benzene rings is 1. The van der Waals surface area contributed by atoms with E-state index in [1.54, 1.807) is 38.5 Å². The van der Waals surface area contributed by atoms with Crippen molar-refractivity contribution in [1.82, 2.24) is 9.88 Å². The van der Waals surface area contributed by atoms with Crippen LogP contribution in [-0.2, 0) is 11.8 Å². The van der Waals surface area contributed by atoms with Gasteiger partial charge in [-0.15, -0.1) is 0 Å². The van der Waals surface area contributed by atoms with Crippen LogP contribution in [0.5, 0.6) is 0 Å². The van der Waals surface area contributed by atoms with Gasteiger partial charge in [0, 0.05) is 24.0 Å². The van der Waals surface area contributed by atoms with E-state index in [0.717, 1.165) is 32.1 Å². The number of aromatic nitrogens is 1. The number of rotatable bonds is 5. The number of carbonyl (C=O) groups excluding carboxylic acids is 3. The average Bonchev–Trinajstić information content (AvgIpc) is 2.96. The highest BCUT2D eigenvalue weighted by Crippen LogP contribution is 2.57. The van der Waals surface area contributed by atoms with E-state index in [4.69, 9.17) is 0 Å². The Hall–Kier alpha value is -3.00. The molecule has 4 saturated carbocycles. The fraction of sp³-hybridized carbons (Fsp3) is 0.519. The van der Waals surface area contributed by atoms with Crippen LogP contribution in [0.1, 0.15) is 76.2 Å². The lowest BCUT2D eigenvalue weighted by molar-refractivity contribution is -0.149. The second-order valence-corrected chi connectivity index (χ2v) is 11.2. The van der Waals surface area contributed by atoms with Crippen molar-refractivity contribution >= 4 is 23.3 Å². The number of ketones is 1. The molecule has 4 aliphatic carbocycles. The van der Waals surface area contributed by atoms with Crippen molar-refractivity contribution in [2.45, 2.75) is 70.4 Å². The Bertz CT molecular complexity index is 1250. The summed E-state index contributed by atoms with van der Waals surface area (Å²) >= 11 is 0. The summed E-state index contributed by atoms with van der Waals surface area (Å²) in [6, 6.07) is 4.31. The quantitative estimate of drug-likeness (QED) is 0.448. The van der Waals surface area contributed by atoms with Crippen LogP contribution in [0.25, 0.3) is 0 Å². The Morgan fingerprint density at radius 2 is 1.74 bits per heavy atom. The maximum atomic E-state index is 13.6. The number of nitrogens with zero attached hydrogens (tertiary/aromatic N) is 1. The van der Waals surface area contributed by atoms with Gasteiger partial charge in [-0.1, -0.05) is 0 Å². The van der Waals surface area contributed by atoms with Crippen molar-refractivity contribution in [1.29, 1.82) is 0 Å². The second-order valence-electron chi connectivity index (χ2n) is 11.2. The predicted octanol–water partition coefficient (Wildman–Crippen LogP) is 3.72. The van der Waals surface area contributed by atoms with Crippen molar-refractivity contribution in [3.8, 4) is 0 Å². The van der Waals surface area contributed by atoms with Crippen LogP contribution in [-0.4, -0.2) is 38.4 Å². The molecule has 35 heavy (non-hydrogen) atoms. The van der Waals surface area contributed by atoms with E-state index in [9.17, 15) is 23.9 Å². The van der Waals surface area contributed by atoms with Gasteiger partial charge < -0.3 is 20.3 Å². The number of carbonyl (C=O) groups is 3. The minimum atomic E-state index is -0.748. The largest absolute Gasteiger partial charge is 0.390 e. The Kier molecular flexibility index (Phi) is 5.43. The molecule has 186 valence electrons. The first-order valence-corrected chi connectivity index (χ1v) is 12.2. The number of hydrogen-bond acceptors (Lipinski definition) is 4. The summed E-state index contributed by atoms with van der Waals surface area (Å²) < 4.78 is 15.2. The van der Waals surface area contributed by atoms with Crippen molar-refractivity contribution in [3.05, 3.63) is 52.1 Å². The minimum absolute atomic E-state index is 0.170. The molecule has 4 fully saturated rings. The molecule has 2 unspecified atom stereocenters. The van der Waals surface area contributed by atoms with Gasteiger partial charge in [-0.2, -0.15) is 0 Å². The maximum Gasteiger partial charge on any atom is 0.294 e. The zero-order chi connectivity index (χ0) is 25.3. The standard InChI is InChI=1S/C27H32FN3O4/c1-14-7-19(5-6-20(14)28)29-24(33)21-15(2)22(31(4)16(21)3)23(32)25(34)30-26-9-17-8-18(10-26)12-27(35,11-17)13-26/h5-7,17-18,35H,8-13H2,1-4H3,(H,29,33)(H,30,34). The number of aryl methyl sites for hydroxylation is 1. The van der Waals surface area contributed by atoms with Crippen LogP contribution in [0.4, 0.5) is 10.1 Å². The van der Waals surface area contributed by atoms with Gasteiger partial charge in [-0.05, 0) is 100 Å². The molecule has 6 rings (SSSR count). The highest BCUT2D eigenvalue weighted by atomic mass is 19.1. The Labute approximate surface area is 204 Å². The van der Waals surface area contributed by atoms with E-state index in [1.807, 2.05) is 0 Å². The van der Waals surface area contributed by atoms with Gasteiger partial charge in [-0.25, -0.2) is 4.39 Å². The third-order valence-corrected chi connectivity index (χ3v) is 8.40. The molecule has 1 aromatic heterocycles. The van der Waals surface area contributed by atoms with Crippen LogP contribution in [0, 0.1) is 38.4 Å². The number of hydrogen-bond donors (Lipinski definition) is 3. The molecule has 1 heterocycles. The topological polar surface area (TPSA) is 100 Å². The summed E-state index contributed by atoms with van der Waals surface area (Å²) in [5, 5.41) is 16.8. The van der Waals surface area contributed by atoms with Gasteiger partial charge in [0.15, 0.2) is 0 Å². The van der Waals surface area contributed by atoms with Gasteiger partial charge in [0.25, 0.3) is 17.6 Å². The van der Waals surface area contributed by atoms with Crippen LogP contribution in [0.2, 0.25) is 0 Å². The maximum absolute atomic E-state index is 13.6. The summed E-state index contributed by atoms with van der Waals surface area (Å²) in [7, 11) is 1.66.